The van der Waals surface area contributed by atoms with Crippen LogP contribution >= 0.6 is 0 Å². The van der Waals surface area contributed by atoms with E-state index in [4.69, 9.17) is 14.2 Å². The van der Waals surface area contributed by atoms with Gasteiger partial charge in [-0.1, -0.05) is 0 Å². The average molecular weight is 423 g/mol. The van der Waals surface area contributed by atoms with Crippen molar-refractivity contribution in [2.75, 3.05) is 32.0 Å². The second-order valence-corrected chi connectivity index (χ2v) is 6.76. The van der Waals surface area contributed by atoms with Crippen LogP contribution in [0.25, 0.3) is 11.4 Å². The number of carbonyl (C=O) groups excluding carboxylic acids is 2. The van der Waals surface area contributed by atoms with Gasteiger partial charge < -0.3 is 19.5 Å². The lowest BCUT2D eigenvalue weighted by Gasteiger charge is -2.13. The molecule has 31 heavy (non-hydrogen) atoms. The SMILES string of the molecule is COc1ccc(-c2nc3n(n2)[C@@H](CC(=O)Nc2ccc(OC)cc2OC)C(=O)N3)cc1. The summed E-state index contributed by atoms with van der Waals surface area (Å²) in [4.78, 5) is 29.4. The third-order valence-electron chi connectivity index (χ3n) is 4.87. The number of hydrogen-bond acceptors (Lipinski definition) is 7. The number of aromatic nitrogens is 3. The van der Waals surface area contributed by atoms with Crippen LogP contribution in [0.2, 0.25) is 0 Å². The van der Waals surface area contributed by atoms with Gasteiger partial charge in [0, 0.05) is 11.6 Å². The van der Waals surface area contributed by atoms with Gasteiger partial charge in [0.2, 0.25) is 11.9 Å². The van der Waals surface area contributed by atoms with E-state index in [1.807, 2.05) is 12.1 Å². The Morgan fingerprint density at radius 1 is 1.06 bits per heavy atom. The summed E-state index contributed by atoms with van der Waals surface area (Å²) in [7, 11) is 4.63. The second kappa shape index (κ2) is 8.34. The van der Waals surface area contributed by atoms with Gasteiger partial charge in [-0.2, -0.15) is 4.98 Å². The van der Waals surface area contributed by atoms with Crippen molar-refractivity contribution in [2.45, 2.75) is 12.5 Å². The van der Waals surface area contributed by atoms with Gasteiger partial charge in [0.25, 0.3) is 5.91 Å². The first kappa shape index (κ1) is 20.2. The summed E-state index contributed by atoms with van der Waals surface area (Å²) in [6.07, 6.45) is -0.112. The Morgan fingerprint density at radius 2 is 1.77 bits per heavy atom. The van der Waals surface area contributed by atoms with E-state index in [1.165, 1.54) is 11.8 Å². The Labute approximate surface area is 178 Å². The van der Waals surface area contributed by atoms with Crippen molar-refractivity contribution >= 4 is 23.5 Å². The van der Waals surface area contributed by atoms with Crippen molar-refractivity contribution in [3.63, 3.8) is 0 Å². The molecule has 1 aliphatic rings. The molecule has 0 unspecified atom stereocenters. The highest BCUT2D eigenvalue weighted by Crippen LogP contribution is 2.31. The molecule has 1 aliphatic heterocycles. The molecule has 2 aromatic carbocycles. The summed E-state index contributed by atoms with van der Waals surface area (Å²) in [6, 6.07) is 11.5. The first-order valence-corrected chi connectivity index (χ1v) is 9.46. The Kier molecular flexibility index (Phi) is 5.44. The first-order chi connectivity index (χ1) is 15.0. The molecule has 10 nitrogen and oxygen atoms in total. The lowest BCUT2D eigenvalue weighted by Crippen LogP contribution is -2.24. The number of nitrogens with one attached hydrogen (secondary N) is 2. The molecule has 1 aromatic heterocycles. The molecule has 2 N–H and O–H groups in total. The number of methoxy groups -OCH3 is 3. The first-order valence-electron chi connectivity index (χ1n) is 9.46. The molecule has 0 fully saturated rings. The number of amides is 2. The number of fused-ring (bicyclic) bond motifs is 1. The van der Waals surface area contributed by atoms with Gasteiger partial charge >= 0.3 is 0 Å². The molecule has 0 saturated heterocycles. The van der Waals surface area contributed by atoms with Crippen molar-refractivity contribution in [1.29, 1.82) is 0 Å². The van der Waals surface area contributed by atoms with Gasteiger partial charge in [-0.15, -0.1) is 5.10 Å². The standard InChI is InChI=1S/C21H21N5O5/c1-29-13-6-4-12(5-7-13)19-23-21-24-20(28)16(26(21)25-19)11-18(27)22-15-9-8-14(30-2)10-17(15)31-3/h4-10,16H,11H2,1-3H3,(H,22,27)(H,23,24,25,28)/t16-/m0/s1. The predicted molar refractivity (Wildman–Crippen MR) is 112 cm³/mol. The van der Waals surface area contributed by atoms with Crippen LogP contribution in [0.3, 0.4) is 0 Å². The van der Waals surface area contributed by atoms with Gasteiger partial charge in [0.1, 0.15) is 23.3 Å². The van der Waals surface area contributed by atoms with E-state index in [9.17, 15) is 9.59 Å². The number of ether oxygens (including phenoxy) is 3. The predicted octanol–water partition coefficient (Wildman–Crippen LogP) is 2.49. The van der Waals surface area contributed by atoms with Crippen LogP contribution in [0.5, 0.6) is 17.2 Å². The number of anilines is 2. The van der Waals surface area contributed by atoms with Gasteiger partial charge in [-0.05, 0) is 36.4 Å². The number of rotatable bonds is 7. The number of benzene rings is 2. The zero-order chi connectivity index (χ0) is 22.0. The highest BCUT2D eigenvalue weighted by Gasteiger charge is 2.35. The Hall–Kier alpha value is -4.08. The molecule has 0 bridgehead atoms. The van der Waals surface area contributed by atoms with Gasteiger partial charge in [-0.3, -0.25) is 14.9 Å². The molecule has 0 spiro atoms. The van der Waals surface area contributed by atoms with Crippen molar-refractivity contribution in [3.8, 4) is 28.6 Å². The zero-order valence-electron chi connectivity index (χ0n) is 17.2. The summed E-state index contributed by atoms with van der Waals surface area (Å²) in [5, 5.41) is 9.86. The molecule has 2 amide bonds. The normalized spacial score (nSPS) is 14.5. The lowest BCUT2D eigenvalue weighted by atomic mass is 10.2. The number of nitrogens with zero attached hydrogens (tertiary/aromatic N) is 3. The molecular weight excluding hydrogens is 402 g/mol. The van der Waals surface area contributed by atoms with E-state index in [2.05, 4.69) is 20.7 Å². The van der Waals surface area contributed by atoms with Crippen LogP contribution in [0, 0.1) is 0 Å². The number of hydrogen-bond donors (Lipinski definition) is 2. The lowest BCUT2D eigenvalue weighted by molar-refractivity contribution is -0.123. The summed E-state index contributed by atoms with van der Waals surface area (Å²) in [6.45, 7) is 0. The van der Waals surface area contributed by atoms with Crippen LogP contribution in [0.1, 0.15) is 12.5 Å². The molecular formula is C21H21N5O5. The summed E-state index contributed by atoms with van der Waals surface area (Å²) >= 11 is 0. The third kappa shape index (κ3) is 4.00. The quantitative estimate of drug-likeness (QED) is 0.600. The monoisotopic (exact) mass is 423 g/mol. The van der Waals surface area contributed by atoms with E-state index in [0.717, 1.165) is 5.56 Å². The molecule has 160 valence electrons. The topological polar surface area (TPSA) is 117 Å². The molecule has 2 heterocycles. The van der Waals surface area contributed by atoms with Crippen LogP contribution in [0.4, 0.5) is 11.6 Å². The number of carbonyl (C=O) groups is 2. The van der Waals surface area contributed by atoms with E-state index >= 15 is 0 Å². The van der Waals surface area contributed by atoms with Crippen LogP contribution in [0.15, 0.2) is 42.5 Å². The maximum Gasteiger partial charge on any atom is 0.252 e. The molecule has 3 aromatic rings. The van der Waals surface area contributed by atoms with E-state index in [0.29, 0.717) is 34.7 Å². The molecule has 10 heteroatoms. The Balaban J connectivity index is 1.50. The average Bonchev–Trinajstić information content (AvgIpc) is 3.32. The molecule has 4 rings (SSSR count). The summed E-state index contributed by atoms with van der Waals surface area (Å²) in [5.74, 6) is 1.81. The van der Waals surface area contributed by atoms with Crippen molar-refractivity contribution < 1.29 is 23.8 Å². The van der Waals surface area contributed by atoms with Crippen LogP contribution < -0.4 is 24.8 Å². The highest BCUT2D eigenvalue weighted by atomic mass is 16.5. The van der Waals surface area contributed by atoms with Crippen molar-refractivity contribution in [2.24, 2.45) is 0 Å². The van der Waals surface area contributed by atoms with E-state index in [1.54, 1.807) is 44.6 Å². The minimum atomic E-state index is -0.807. The largest absolute Gasteiger partial charge is 0.497 e. The van der Waals surface area contributed by atoms with Crippen molar-refractivity contribution in [1.82, 2.24) is 14.8 Å². The fraction of sp³-hybridized carbons (Fsp3) is 0.238. The second-order valence-electron chi connectivity index (χ2n) is 6.76. The minimum absolute atomic E-state index is 0.112. The van der Waals surface area contributed by atoms with Gasteiger partial charge in [-0.25, -0.2) is 4.68 Å². The maximum absolute atomic E-state index is 12.6. The molecule has 0 saturated carbocycles. The zero-order valence-corrected chi connectivity index (χ0v) is 17.2. The summed E-state index contributed by atoms with van der Waals surface area (Å²) in [5.41, 5.74) is 1.24. The highest BCUT2D eigenvalue weighted by molar-refractivity contribution is 6.01. The van der Waals surface area contributed by atoms with E-state index < -0.39 is 6.04 Å². The Bertz CT molecular complexity index is 1130. The molecule has 0 aliphatic carbocycles. The van der Waals surface area contributed by atoms with Gasteiger partial charge in [0.05, 0.1) is 33.4 Å². The van der Waals surface area contributed by atoms with Crippen molar-refractivity contribution in [3.05, 3.63) is 42.5 Å². The summed E-state index contributed by atoms with van der Waals surface area (Å²) < 4.78 is 17.0. The fourth-order valence-corrected chi connectivity index (χ4v) is 3.25. The van der Waals surface area contributed by atoms with Crippen LogP contribution in [-0.2, 0) is 9.59 Å². The Morgan fingerprint density at radius 3 is 2.45 bits per heavy atom. The van der Waals surface area contributed by atoms with Crippen LogP contribution in [-0.4, -0.2) is 47.9 Å². The fourth-order valence-electron chi connectivity index (χ4n) is 3.25. The van der Waals surface area contributed by atoms with Gasteiger partial charge in [0.15, 0.2) is 5.82 Å². The van der Waals surface area contributed by atoms with E-state index in [-0.39, 0.29) is 18.2 Å². The smallest absolute Gasteiger partial charge is 0.252 e. The molecule has 0 radical (unpaired) electrons. The third-order valence-corrected chi connectivity index (χ3v) is 4.87. The maximum atomic E-state index is 12.6. The minimum Gasteiger partial charge on any atom is -0.497 e. The molecule has 1 atom stereocenters.